The van der Waals surface area contributed by atoms with Gasteiger partial charge in [0.1, 0.15) is 0 Å². The average molecular weight is 332 g/mol. The molecule has 116 valence electrons. The van der Waals surface area contributed by atoms with E-state index in [1.54, 1.807) is 23.5 Å². The first-order valence-electron chi connectivity index (χ1n) is 5.72. The van der Waals surface area contributed by atoms with E-state index in [1.807, 2.05) is 0 Å². The fourth-order valence-corrected chi connectivity index (χ4v) is 3.99. The fourth-order valence-electron chi connectivity index (χ4n) is 1.38. The Bertz CT molecular complexity index is 375. The second-order valence-electron chi connectivity index (χ2n) is 4.33. The van der Waals surface area contributed by atoms with Crippen LogP contribution in [0.4, 0.5) is 18.0 Å². The second-order valence-corrected chi connectivity index (χ2v) is 6.89. The Balaban J connectivity index is 2.52. The summed E-state index contributed by atoms with van der Waals surface area (Å²) >= 11 is 3.34. The molecular weight excluding hydrogens is 317 g/mol. The number of carboxylic acid groups (broad SMARTS) is 1. The van der Waals surface area contributed by atoms with Gasteiger partial charge in [0.15, 0.2) is 0 Å². The molecule has 1 rings (SSSR count). The van der Waals surface area contributed by atoms with E-state index in [0.717, 1.165) is 17.3 Å². The van der Waals surface area contributed by atoms with E-state index < -0.39 is 23.7 Å². The highest BCUT2D eigenvalue weighted by molar-refractivity contribution is 8.06. The predicted octanol–water partition coefficient (Wildman–Crippen LogP) is 1.54. The number of urea groups is 1. The number of carbonyl (C=O) groups is 2. The summed E-state index contributed by atoms with van der Waals surface area (Å²) < 4.78 is 38.0. The van der Waals surface area contributed by atoms with Crippen LogP contribution in [0.3, 0.4) is 0 Å². The number of amides is 2. The maximum atomic E-state index is 12.7. The summed E-state index contributed by atoms with van der Waals surface area (Å²) in [5, 5.41) is 12.6. The summed E-state index contributed by atoms with van der Waals surface area (Å²) in [4.78, 5) is 22.2. The lowest BCUT2D eigenvalue weighted by atomic mass is 10.0. The van der Waals surface area contributed by atoms with Gasteiger partial charge in [-0.15, -0.1) is 0 Å². The van der Waals surface area contributed by atoms with Crippen LogP contribution >= 0.6 is 23.5 Å². The summed E-state index contributed by atoms with van der Waals surface area (Å²) in [7, 11) is 0. The number of hydrogen-bond acceptors (Lipinski definition) is 4. The molecule has 0 radical (unpaired) electrons. The molecule has 10 heteroatoms. The van der Waals surface area contributed by atoms with E-state index >= 15 is 0 Å². The molecule has 20 heavy (non-hydrogen) atoms. The Morgan fingerprint density at radius 3 is 2.45 bits per heavy atom. The minimum Gasteiger partial charge on any atom is -0.479 e. The molecule has 2 unspecified atom stereocenters. The molecular formula is C10H15F3N2O3S2. The number of halogens is 3. The maximum absolute atomic E-state index is 12.7. The fraction of sp³-hybridized carbons (Fsp3) is 0.800. The zero-order valence-corrected chi connectivity index (χ0v) is 12.3. The summed E-state index contributed by atoms with van der Waals surface area (Å²) in [5.41, 5.74) is -3.30. The van der Waals surface area contributed by atoms with Crippen molar-refractivity contribution in [2.75, 3.05) is 23.8 Å². The largest absolute Gasteiger partial charge is 0.479 e. The number of nitrogens with one attached hydrogen (secondary N) is 2. The predicted molar refractivity (Wildman–Crippen MR) is 72.2 cm³/mol. The van der Waals surface area contributed by atoms with Gasteiger partial charge in [-0.25, -0.2) is 9.59 Å². The number of carbonyl (C=O) groups excluding carboxylic acids is 1. The van der Waals surface area contributed by atoms with Crippen molar-refractivity contribution in [2.24, 2.45) is 0 Å². The Morgan fingerprint density at radius 2 is 2.00 bits per heavy atom. The third-order valence-electron chi connectivity index (χ3n) is 2.73. The maximum Gasteiger partial charge on any atom is 0.422 e. The molecule has 0 aromatic carbocycles. The SMILES string of the molecule is CC(NC(=O)NCC1CSCCS1)(C(=O)O)C(F)(F)F. The van der Waals surface area contributed by atoms with Crippen LogP contribution in [-0.2, 0) is 4.79 Å². The highest BCUT2D eigenvalue weighted by Crippen LogP contribution is 2.30. The van der Waals surface area contributed by atoms with Crippen LogP contribution in [0.15, 0.2) is 0 Å². The molecule has 0 aliphatic carbocycles. The highest BCUT2D eigenvalue weighted by Gasteiger charge is 2.58. The van der Waals surface area contributed by atoms with Crippen LogP contribution in [0.1, 0.15) is 6.92 Å². The monoisotopic (exact) mass is 332 g/mol. The van der Waals surface area contributed by atoms with E-state index in [9.17, 15) is 22.8 Å². The average Bonchev–Trinajstić information content (AvgIpc) is 2.36. The molecule has 1 aliphatic rings. The lowest BCUT2D eigenvalue weighted by Gasteiger charge is -2.29. The Morgan fingerprint density at radius 1 is 1.35 bits per heavy atom. The molecule has 0 aromatic rings. The molecule has 2 amide bonds. The molecule has 0 aromatic heterocycles. The molecule has 3 N–H and O–H groups in total. The number of alkyl halides is 3. The van der Waals surface area contributed by atoms with Gasteiger partial charge >= 0.3 is 18.2 Å². The molecule has 0 spiro atoms. The van der Waals surface area contributed by atoms with Crippen molar-refractivity contribution in [3.8, 4) is 0 Å². The van der Waals surface area contributed by atoms with Gasteiger partial charge in [-0.3, -0.25) is 0 Å². The van der Waals surface area contributed by atoms with Crippen LogP contribution in [0, 0.1) is 0 Å². The summed E-state index contributed by atoms with van der Waals surface area (Å²) in [6.45, 7) is 0.622. The molecule has 1 heterocycles. The first kappa shape index (κ1) is 17.3. The Hall–Kier alpha value is -0.770. The van der Waals surface area contributed by atoms with Crippen molar-refractivity contribution in [1.29, 1.82) is 0 Å². The lowest BCUT2D eigenvalue weighted by Crippen LogP contribution is -2.63. The van der Waals surface area contributed by atoms with Gasteiger partial charge in [-0.05, 0) is 6.92 Å². The minimum absolute atomic E-state index is 0.126. The van der Waals surface area contributed by atoms with Crippen molar-refractivity contribution < 1.29 is 27.9 Å². The zero-order valence-electron chi connectivity index (χ0n) is 10.6. The van der Waals surface area contributed by atoms with Gasteiger partial charge < -0.3 is 15.7 Å². The van der Waals surface area contributed by atoms with Crippen LogP contribution in [-0.4, -0.2) is 57.9 Å². The van der Waals surface area contributed by atoms with Gasteiger partial charge in [0.2, 0.25) is 5.54 Å². The summed E-state index contributed by atoms with van der Waals surface area (Å²) in [5.74, 6) is 0.593. The van der Waals surface area contributed by atoms with E-state index in [0.29, 0.717) is 6.92 Å². The number of aliphatic carboxylic acids is 1. The normalized spacial score (nSPS) is 22.7. The topological polar surface area (TPSA) is 78.4 Å². The van der Waals surface area contributed by atoms with Crippen LogP contribution < -0.4 is 10.6 Å². The zero-order chi connectivity index (χ0) is 15.4. The standard InChI is InChI=1S/C10H15F3N2O3S2/c1-9(7(16)17,10(11,12)13)15-8(18)14-4-6-5-19-2-3-20-6/h6H,2-5H2,1H3,(H,16,17)(H2,14,15,18). The van der Waals surface area contributed by atoms with E-state index in [2.05, 4.69) is 5.32 Å². The molecule has 1 aliphatic heterocycles. The number of hydrogen-bond donors (Lipinski definition) is 3. The first-order chi connectivity index (χ1) is 9.17. The summed E-state index contributed by atoms with van der Waals surface area (Å²) in [6, 6.07) is -1.14. The lowest BCUT2D eigenvalue weighted by molar-refractivity contribution is -0.203. The van der Waals surface area contributed by atoms with Crippen molar-refractivity contribution in [1.82, 2.24) is 10.6 Å². The van der Waals surface area contributed by atoms with E-state index in [1.165, 1.54) is 5.32 Å². The van der Waals surface area contributed by atoms with Crippen LogP contribution in [0.2, 0.25) is 0 Å². The molecule has 1 fully saturated rings. The van der Waals surface area contributed by atoms with Gasteiger partial charge in [0.25, 0.3) is 0 Å². The van der Waals surface area contributed by atoms with E-state index in [-0.39, 0.29) is 11.8 Å². The second kappa shape index (κ2) is 6.79. The van der Waals surface area contributed by atoms with Gasteiger partial charge in [-0.2, -0.15) is 36.7 Å². The number of thioether (sulfide) groups is 2. The molecule has 0 saturated carbocycles. The van der Waals surface area contributed by atoms with Gasteiger partial charge in [0, 0.05) is 29.1 Å². The minimum atomic E-state index is -5.08. The number of carboxylic acids is 1. The van der Waals surface area contributed by atoms with Gasteiger partial charge in [-0.1, -0.05) is 0 Å². The quantitative estimate of drug-likeness (QED) is 0.728. The van der Waals surface area contributed by atoms with Crippen molar-refractivity contribution >= 4 is 35.5 Å². The van der Waals surface area contributed by atoms with Crippen molar-refractivity contribution in [3.05, 3.63) is 0 Å². The third kappa shape index (κ3) is 4.37. The van der Waals surface area contributed by atoms with Crippen molar-refractivity contribution in [2.45, 2.75) is 23.9 Å². The van der Waals surface area contributed by atoms with Crippen molar-refractivity contribution in [3.63, 3.8) is 0 Å². The molecule has 0 bridgehead atoms. The number of rotatable bonds is 4. The molecule has 1 saturated heterocycles. The van der Waals surface area contributed by atoms with Crippen LogP contribution in [0.25, 0.3) is 0 Å². The Kier molecular flexibility index (Phi) is 5.87. The molecule has 2 atom stereocenters. The van der Waals surface area contributed by atoms with Crippen LogP contribution in [0.5, 0.6) is 0 Å². The van der Waals surface area contributed by atoms with Gasteiger partial charge in [0.05, 0.1) is 0 Å². The summed E-state index contributed by atoms with van der Waals surface area (Å²) in [6.07, 6.45) is -5.08. The van der Waals surface area contributed by atoms with E-state index in [4.69, 9.17) is 5.11 Å². The smallest absolute Gasteiger partial charge is 0.422 e. The first-order valence-corrected chi connectivity index (χ1v) is 7.92. The Labute approximate surface area is 122 Å². The highest BCUT2D eigenvalue weighted by atomic mass is 32.2. The third-order valence-corrected chi connectivity index (χ3v) is 5.58. The molecule has 5 nitrogen and oxygen atoms in total.